The number of thiophene rings is 1. The molecule has 0 aliphatic heterocycles. The third kappa shape index (κ3) is 4.41. The first-order valence-electron chi connectivity index (χ1n) is 5.63. The molecule has 0 saturated heterocycles. The average Bonchev–Trinajstić information content (AvgIpc) is 2.62. The van der Waals surface area contributed by atoms with Gasteiger partial charge >= 0.3 is 5.97 Å². The summed E-state index contributed by atoms with van der Waals surface area (Å²) in [5.41, 5.74) is 0. The maximum absolute atomic E-state index is 11.2. The first-order chi connectivity index (χ1) is 7.91. The van der Waals surface area contributed by atoms with E-state index in [1.807, 2.05) is 32.2 Å². The Hall–Kier alpha value is -0.390. The Kier molecular flexibility index (Phi) is 5.62. The van der Waals surface area contributed by atoms with Crippen LogP contribution in [-0.4, -0.2) is 17.1 Å². The van der Waals surface area contributed by atoms with Crippen molar-refractivity contribution in [3.05, 3.63) is 20.8 Å². The van der Waals surface area contributed by atoms with Crippen LogP contribution in [0.25, 0.3) is 0 Å². The van der Waals surface area contributed by atoms with Gasteiger partial charge in [0.25, 0.3) is 0 Å². The van der Waals surface area contributed by atoms with Gasteiger partial charge in [-0.25, -0.2) is 0 Å². The maximum atomic E-state index is 11.2. The van der Waals surface area contributed by atoms with Crippen molar-refractivity contribution in [3.63, 3.8) is 0 Å². The second kappa shape index (κ2) is 6.52. The third-order valence-electron chi connectivity index (χ3n) is 2.49. The van der Waals surface area contributed by atoms with Crippen LogP contribution in [0, 0.1) is 5.92 Å². The van der Waals surface area contributed by atoms with Gasteiger partial charge in [-0.15, -0.1) is 11.3 Å². The molecule has 96 valence electrons. The average molecular weight is 320 g/mol. The molecule has 1 aromatic heterocycles. The summed E-state index contributed by atoms with van der Waals surface area (Å²) >= 11 is 5.10. The Labute approximate surface area is 114 Å². The van der Waals surface area contributed by atoms with E-state index in [-0.39, 0.29) is 6.04 Å². The molecule has 2 atom stereocenters. The van der Waals surface area contributed by atoms with E-state index in [0.717, 1.165) is 9.35 Å². The molecule has 1 heterocycles. The first kappa shape index (κ1) is 14.7. The smallest absolute Gasteiger partial charge is 0.320 e. The molecule has 0 bridgehead atoms. The van der Waals surface area contributed by atoms with Crippen LogP contribution in [0.5, 0.6) is 0 Å². The van der Waals surface area contributed by atoms with Gasteiger partial charge in [-0.3, -0.25) is 10.1 Å². The number of hydrogen-bond donors (Lipinski definition) is 2. The highest BCUT2D eigenvalue weighted by Gasteiger charge is 2.22. The number of nitrogens with one attached hydrogen (secondary N) is 1. The molecule has 2 N–H and O–H groups in total. The van der Waals surface area contributed by atoms with Crippen molar-refractivity contribution < 1.29 is 9.90 Å². The molecular weight excluding hydrogens is 302 g/mol. The third-order valence-corrected chi connectivity index (χ3v) is 4.55. The van der Waals surface area contributed by atoms with E-state index >= 15 is 0 Å². The first-order valence-corrected chi connectivity index (χ1v) is 7.30. The zero-order chi connectivity index (χ0) is 13.0. The van der Waals surface area contributed by atoms with Gasteiger partial charge in [0.2, 0.25) is 0 Å². The zero-order valence-corrected chi connectivity index (χ0v) is 12.6. The number of hydrogen-bond acceptors (Lipinski definition) is 3. The zero-order valence-electron chi connectivity index (χ0n) is 10.2. The summed E-state index contributed by atoms with van der Waals surface area (Å²) in [6, 6.07) is 1.54. The van der Waals surface area contributed by atoms with E-state index in [1.165, 1.54) is 0 Å². The lowest BCUT2D eigenvalue weighted by atomic mass is 10.0. The van der Waals surface area contributed by atoms with Crippen LogP contribution in [0.3, 0.4) is 0 Å². The molecule has 0 saturated carbocycles. The van der Waals surface area contributed by atoms with E-state index in [0.29, 0.717) is 12.3 Å². The molecule has 0 spiro atoms. The number of carboxylic acid groups (broad SMARTS) is 1. The fraction of sp³-hybridized carbons (Fsp3) is 0.583. The molecule has 0 amide bonds. The van der Waals surface area contributed by atoms with Crippen molar-refractivity contribution >= 4 is 33.2 Å². The molecule has 0 aliphatic carbocycles. The molecule has 0 fully saturated rings. The van der Waals surface area contributed by atoms with Crippen molar-refractivity contribution in [2.45, 2.75) is 39.3 Å². The van der Waals surface area contributed by atoms with Gasteiger partial charge in [-0.05, 0) is 46.6 Å². The normalized spacial score (nSPS) is 14.9. The molecule has 0 aromatic carbocycles. The van der Waals surface area contributed by atoms with Crippen LogP contribution >= 0.6 is 27.3 Å². The van der Waals surface area contributed by atoms with Crippen LogP contribution < -0.4 is 5.32 Å². The van der Waals surface area contributed by atoms with Gasteiger partial charge < -0.3 is 5.11 Å². The number of carboxylic acids is 1. The molecule has 5 heteroatoms. The van der Waals surface area contributed by atoms with Gasteiger partial charge in [-0.2, -0.15) is 0 Å². The highest BCUT2D eigenvalue weighted by Crippen LogP contribution is 2.29. The maximum Gasteiger partial charge on any atom is 0.320 e. The minimum Gasteiger partial charge on any atom is -0.480 e. The lowest BCUT2D eigenvalue weighted by Crippen LogP contribution is -2.39. The summed E-state index contributed by atoms with van der Waals surface area (Å²) in [5, 5.41) is 14.3. The number of rotatable bonds is 6. The van der Waals surface area contributed by atoms with Gasteiger partial charge in [0.15, 0.2) is 0 Å². The minimum atomic E-state index is -0.779. The molecular formula is C12H18BrNO2S. The minimum absolute atomic E-state index is 0.0456. The van der Waals surface area contributed by atoms with E-state index in [9.17, 15) is 4.79 Å². The number of halogens is 1. The Balaban J connectivity index is 2.67. The van der Waals surface area contributed by atoms with E-state index < -0.39 is 12.0 Å². The fourth-order valence-corrected chi connectivity index (χ4v) is 3.44. The Bertz CT molecular complexity index is 378. The second-order valence-corrected chi connectivity index (χ2v) is 6.34. The monoisotopic (exact) mass is 319 g/mol. The molecule has 3 nitrogen and oxygen atoms in total. The van der Waals surface area contributed by atoms with E-state index in [4.69, 9.17) is 5.11 Å². The van der Waals surface area contributed by atoms with Gasteiger partial charge in [0.1, 0.15) is 6.04 Å². The molecule has 0 aliphatic rings. The van der Waals surface area contributed by atoms with Gasteiger partial charge in [0.05, 0.1) is 0 Å². The Morgan fingerprint density at radius 1 is 1.53 bits per heavy atom. The van der Waals surface area contributed by atoms with Crippen LogP contribution in [0.2, 0.25) is 0 Å². The largest absolute Gasteiger partial charge is 0.480 e. The summed E-state index contributed by atoms with van der Waals surface area (Å²) in [6.07, 6.45) is 0.642. The number of aliphatic carboxylic acids is 1. The predicted molar refractivity (Wildman–Crippen MR) is 74.4 cm³/mol. The van der Waals surface area contributed by atoms with Crippen molar-refractivity contribution in [3.8, 4) is 0 Å². The Morgan fingerprint density at radius 2 is 2.18 bits per heavy atom. The summed E-state index contributed by atoms with van der Waals surface area (Å²) in [5.74, 6) is -0.416. The Morgan fingerprint density at radius 3 is 2.59 bits per heavy atom. The quantitative estimate of drug-likeness (QED) is 0.841. The molecule has 2 unspecified atom stereocenters. The second-order valence-electron chi connectivity index (χ2n) is 4.54. The summed E-state index contributed by atoms with van der Waals surface area (Å²) < 4.78 is 1.04. The fourth-order valence-electron chi connectivity index (χ4n) is 1.70. The van der Waals surface area contributed by atoms with Crippen LogP contribution in [0.4, 0.5) is 0 Å². The summed E-state index contributed by atoms with van der Waals surface area (Å²) in [7, 11) is 0. The van der Waals surface area contributed by atoms with Gasteiger partial charge in [-0.1, -0.05) is 13.8 Å². The topological polar surface area (TPSA) is 49.3 Å². The summed E-state index contributed by atoms with van der Waals surface area (Å²) in [4.78, 5) is 12.3. The lowest BCUT2D eigenvalue weighted by molar-refractivity contribution is -0.140. The predicted octanol–water partition coefficient (Wildman–Crippen LogP) is 3.66. The van der Waals surface area contributed by atoms with Crippen LogP contribution in [-0.2, 0) is 4.79 Å². The molecule has 0 radical (unpaired) electrons. The molecule has 1 rings (SSSR count). The SMILES string of the molecule is CC(C)CC(NC(C)c1sccc1Br)C(=O)O. The van der Waals surface area contributed by atoms with Crippen LogP contribution in [0.15, 0.2) is 15.9 Å². The van der Waals surface area contributed by atoms with Crippen LogP contribution in [0.1, 0.15) is 38.1 Å². The van der Waals surface area contributed by atoms with Crippen molar-refractivity contribution in [2.24, 2.45) is 5.92 Å². The van der Waals surface area contributed by atoms with E-state index in [1.54, 1.807) is 11.3 Å². The van der Waals surface area contributed by atoms with Crippen molar-refractivity contribution in [2.75, 3.05) is 0 Å². The summed E-state index contributed by atoms with van der Waals surface area (Å²) in [6.45, 7) is 6.06. The lowest BCUT2D eigenvalue weighted by Gasteiger charge is -2.21. The van der Waals surface area contributed by atoms with Crippen molar-refractivity contribution in [1.82, 2.24) is 5.32 Å². The standard InChI is InChI=1S/C12H18BrNO2S/c1-7(2)6-10(12(15)16)14-8(3)11-9(13)4-5-17-11/h4-5,7-8,10,14H,6H2,1-3H3,(H,15,16). The molecule has 17 heavy (non-hydrogen) atoms. The number of carbonyl (C=O) groups is 1. The molecule has 1 aromatic rings. The highest BCUT2D eigenvalue weighted by molar-refractivity contribution is 9.10. The van der Waals surface area contributed by atoms with Gasteiger partial charge in [0, 0.05) is 15.4 Å². The van der Waals surface area contributed by atoms with E-state index in [2.05, 4.69) is 21.2 Å². The van der Waals surface area contributed by atoms with Crippen molar-refractivity contribution in [1.29, 1.82) is 0 Å². The highest BCUT2D eigenvalue weighted by atomic mass is 79.9.